The van der Waals surface area contributed by atoms with Gasteiger partial charge in [0.2, 0.25) is 0 Å². The van der Waals surface area contributed by atoms with Crippen LogP contribution < -0.4 is 0 Å². The van der Waals surface area contributed by atoms with E-state index in [9.17, 15) is 0 Å². The lowest BCUT2D eigenvalue weighted by Crippen LogP contribution is -1.87. The van der Waals surface area contributed by atoms with Crippen LogP contribution in [0.15, 0.2) is 59.8 Å². The van der Waals surface area contributed by atoms with Gasteiger partial charge in [-0.15, -0.1) is 5.16 Å². The molecular formula is C14H13NO. The molecule has 0 atom stereocenters. The van der Waals surface area contributed by atoms with Crippen molar-refractivity contribution in [2.24, 2.45) is 5.16 Å². The molecule has 0 aliphatic carbocycles. The third-order valence-corrected chi connectivity index (χ3v) is 2.36. The fraction of sp³-hybridized carbons (Fsp3) is 0.0714. The Hall–Kier alpha value is -2.09. The van der Waals surface area contributed by atoms with Gasteiger partial charge >= 0.3 is 0 Å². The van der Waals surface area contributed by atoms with Crippen molar-refractivity contribution >= 4 is 6.72 Å². The fourth-order valence-electron chi connectivity index (χ4n) is 1.59. The summed E-state index contributed by atoms with van der Waals surface area (Å²) in [6.45, 7) is 3.75. The Morgan fingerprint density at radius 3 is 2.44 bits per heavy atom. The topological polar surface area (TPSA) is 21.6 Å². The van der Waals surface area contributed by atoms with Crippen molar-refractivity contribution in [3.05, 3.63) is 60.2 Å². The van der Waals surface area contributed by atoms with Gasteiger partial charge in [0.25, 0.3) is 0 Å². The summed E-state index contributed by atoms with van der Waals surface area (Å²) in [7, 11) is 0. The minimum Gasteiger partial charge on any atom is -0.391 e. The van der Waals surface area contributed by atoms with E-state index in [0.717, 1.165) is 5.56 Å². The second-order valence-corrected chi connectivity index (χ2v) is 3.47. The van der Waals surface area contributed by atoms with Crippen LogP contribution in [0, 0.1) is 0 Å². The van der Waals surface area contributed by atoms with E-state index in [-0.39, 0.29) is 0 Å². The molecule has 2 heteroatoms. The van der Waals surface area contributed by atoms with Gasteiger partial charge < -0.3 is 4.84 Å². The van der Waals surface area contributed by atoms with Crippen molar-refractivity contribution in [1.82, 2.24) is 0 Å². The van der Waals surface area contributed by atoms with Crippen LogP contribution in [0.2, 0.25) is 0 Å². The second-order valence-electron chi connectivity index (χ2n) is 3.47. The highest BCUT2D eigenvalue weighted by atomic mass is 16.6. The molecule has 0 N–H and O–H groups in total. The van der Waals surface area contributed by atoms with E-state index in [4.69, 9.17) is 4.84 Å². The minimum atomic E-state index is 0.462. The normalized spacial score (nSPS) is 9.75. The van der Waals surface area contributed by atoms with Gasteiger partial charge in [0.1, 0.15) is 6.61 Å². The van der Waals surface area contributed by atoms with Crippen molar-refractivity contribution in [3.63, 3.8) is 0 Å². The van der Waals surface area contributed by atoms with E-state index in [2.05, 4.69) is 36.1 Å². The molecule has 0 fully saturated rings. The van der Waals surface area contributed by atoms with Gasteiger partial charge in [-0.25, -0.2) is 0 Å². The largest absolute Gasteiger partial charge is 0.391 e. The van der Waals surface area contributed by atoms with Gasteiger partial charge in [-0.2, -0.15) is 0 Å². The number of benzene rings is 2. The van der Waals surface area contributed by atoms with E-state index in [0.29, 0.717) is 6.61 Å². The lowest BCUT2D eigenvalue weighted by Gasteiger charge is -2.04. The highest BCUT2D eigenvalue weighted by Gasteiger charge is 1.98. The summed E-state index contributed by atoms with van der Waals surface area (Å²) in [6.07, 6.45) is 0. The molecule has 0 aromatic heterocycles. The Morgan fingerprint density at radius 2 is 1.69 bits per heavy atom. The predicted octanol–water partition coefficient (Wildman–Crippen LogP) is 3.49. The molecule has 2 aromatic rings. The summed E-state index contributed by atoms with van der Waals surface area (Å²) in [6, 6.07) is 18.5. The summed E-state index contributed by atoms with van der Waals surface area (Å²) < 4.78 is 0. The average molecular weight is 211 g/mol. The number of oxime groups is 1. The lowest BCUT2D eigenvalue weighted by molar-refractivity contribution is 0.133. The zero-order valence-electron chi connectivity index (χ0n) is 8.97. The predicted molar refractivity (Wildman–Crippen MR) is 66.2 cm³/mol. The van der Waals surface area contributed by atoms with Gasteiger partial charge in [0.15, 0.2) is 0 Å². The van der Waals surface area contributed by atoms with Crippen LogP contribution in [0.4, 0.5) is 0 Å². The van der Waals surface area contributed by atoms with Crippen molar-refractivity contribution < 1.29 is 4.84 Å². The monoisotopic (exact) mass is 211 g/mol. The molecular weight excluding hydrogens is 198 g/mol. The van der Waals surface area contributed by atoms with E-state index in [1.165, 1.54) is 11.1 Å². The van der Waals surface area contributed by atoms with Crippen molar-refractivity contribution in [2.75, 3.05) is 0 Å². The van der Waals surface area contributed by atoms with Crippen LogP contribution in [0.5, 0.6) is 0 Å². The standard InChI is InChI=1S/C14H13NO/c1-15-16-11-12-6-5-9-14(10-12)13-7-3-2-4-8-13/h2-10H,1,11H2. The molecule has 16 heavy (non-hydrogen) atoms. The first kappa shape index (κ1) is 10.4. The maximum absolute atomic E-state index is 4.92. The van der Waals surface area contributed by atoms with Gasteiger partial charge in [-0.05, 0) is 22.8 Å². The van der Waals surface area contributed by atoms with Crippen LogP contribution in [0.3, 0.4) is 0 Å². The first-order valence-corrected chi connectivity index (χ1v) is 5.12. The molecule has 80 valence electrons. The zero-order chi connectivity index (χ0) is 11.2. The Balaban J connectivity index is 2.25. The highest BCUT2D eigenvalue weighted by Crippen LogP contribution is 2.20. The lowest BCUT2D eigenvalue weighted by atomic mass is 10.0. The average Bonchev–Trinajstić information content (AvgIpc) is 2.38. The number of hydrogen-bond acceptors (Lipinski definition) is 2. The molecule has 0 radical (unpaired) electrons. The first-order valence-electron chi connectivity index (χ1n) is 5.12. The molecule has 2 aromatic carbocycles. The highest BCUT2D eigenvalue weighted by molar-refractivity contribution is 5.63. The first-order chi connectivity index (χ1) is 7.90. The molecule has 0 saturated heterocycles. The molecule has 2 nitrogen and oxygen atoms in total. The molecule has 0 spiro atoms. The maximum Gasteiger partial charge on any atom is 0.142 e. The third-order valence-electron chi connectivity index (χ3n) is 2.36. The Bertz CT molecular complexity index is 465. The van der Waals surface area contributed by atoms with Crippen LogP contribution in [0.1, 0.15) is 5.56 Å². The Morgan fingerprint density at radius 1 is 0.938 bits per heavy atom. The second kappa shape index (κ2) is 5.12. The van der Waals surface area contributed by atoms with Crippen molar-refractivity contribution in [3.8, 4) is 11.1 Å². The SMILES string of the molecule is C=NOCc1cccc(-c2ccccc2)c1. The smallest absolute Gasteiger partial charge is 0.142 e. The van der Waals surface area contributed by atoms with Crippen LogP contribution >= 0.6 is 0 Å². The molecule has 0 heterocycles. The minimum absolute atomic E-state index is 0.462. The van der Waals surface area contributed by atoms with Gasteiger partial charge in [-0.3, -0.25) is 0 Å². The molecule has 0 aliphatic rings. The Kier molecular flexibility index (Phi) is 3.34. The molecule has 0 amide bonds. The van der Waals surface area contributed by atoms with Gasteiger partial charge in [0, 0.05) is 6.72 Å². The van der Waals surface area contributed by atoms with E-state index >= 15 is 0 Å². The quantitative estimate of drug-likeness (QED) is 0.560. The fourth-order valence-corrected chi connectivity index (χ4v) is 1.59. The van der Waals surface area contributed by atoms with Crippen LogP contribution in [0.25, 0.3) is 11.1 Å². The van der Waals surface area contributed by atoms with Gasteiger partial charge in [0.05, 0.1) is 0 Å². The Labute approximate surface area is 95.2 Å². The van der Waals surface area contributed by atoms with E-state index < -0.39 is 0 Å². The number of hydrogen-bond donors (Lipinski definition) is 0. The third kappa shape index (κ3) is 2.48. The summed E-state index contributed by atoms with van der Waals surface area (Å²) >= 11 is 0. The van der Waals surface area contributed by atoms with Crippen LogP contribution in [-0.2, 0) is 11.4 Å². The molecule has 2 rings (SSSR count). The molecule has 0 saturated carbocycles. The van der Waals surface area contributed by atoms with E-state index in [1.54, 1.807) is 0 Å². The van der Waals surface area contributed by atoms with Crippen LogP contribution in [-0.4, -0.2) is 6.72 Å². The van der Waals surface area contributed by atoms with Crippen molar-refractivity contribution in [2.45, 2.75) is 6.61 Å². The molecule has 0 aliphatic heterocycles. The summed E-state index contributed by atoms with van der Waals surface area (Å²) in [5.74, 6) is 0. The summed E-state index contributed by atoms with van der Waals surface area (Å²) in [5, 5.41) is 3.38. The van der Waals surface area contributed by atoms with E-state index in [1.807, 2.05) is 30.3 Å². The van der Waals surface area contributed by atoms with Crippen molar-refractivity contribution in [1.29, 1.82) is 0 Å². The summed E-state index contributed by atoms with van der Waals surface area (Å²) in [4.78, 5) is 4.92. The van der Waals surface area contributed by atoms with Gasteiger partial charge in [-0.1, -0.05) is 48.5 Å². The number of nitrogens with zero attached hydrogens (tertiary/aromatic N) is 1. The maximum atomic E-state index is 4.92. The number of rotatable bonds is 4. The molecule has 0 unspecified atom stereocenters. The molecule has 0 bridgehead atoms. The zero-order valence-corrected chi connectivity index (χ0v) is 8.97. The summed E-state index contributed by atoms with van der Waals surface area (Å²) in [5.41, 5.74) is 3.48.